The number of nitro benzene ring substituents is 1. The quantitative estimate of drug-likeness (QED) is 0.452. The number of hydrogen-bond donors (Lipinski definition) is 1. The molecule has 1 unspecified atom stereocenters. The summed E-state index contributed by atoms with van der Waals surface area (Å²) >= 11 is 5.79. The van der Waals surface area contributed by atoms with Gasteiger partial charge in [-0.3, -0.25) is 19.7 Å². The summed E-state index contributed by atoms with van der Waals surface area (Å²) in [5, 5.41) is 13.5. The van der Waals surface area contributed by atoms with Gasteiger partial charge in [-0.2, -0.15) is 0 Å². The summed E-state index contributed by atoms with van der Waals surface area (Å²) in [5.74, 6) is -1.18. The van der Waals surface area contributed by atoms with Crippen LogP contribution in [-0.4, -0.2) is 16.8 Å². The molecule has 2 aromatic carbocycles. The van der Waals surface area contributed by atoms with Crippen LogP contribution in [0.1, 0.15) is 30.9 Å². The van der Waals surface area contributed by atoms with Gasteiger partial charge < -0.3 is 10.1 Å². The van der Waals surface area contributed by atoms with Gasteiger partial charge in [-0.05, 0) is 25.0 Å². The van der Waals surface area contributed by atoms with Crippen molar-refractivity contribution >= 4 is 34.9 Å². The summed E-state index contributed by atoms with van der Waals surface area (Å²) in [6, 6.07) is 12.6. The van der Waals surface area contributed by atoms with Gasteiger partial charge in [0.2, 0.25) is 6.10 Å². The molecule has 2 aromatic rings. The lowest BCUT2D eigenvalue weighted by Crippen LogP contribution is -2.31. The Kier molecular flexibility index (Phi) is 5.71. The van der Waals surface area contributed by atoms with E-state index < -0.39 is 22.9 Å². The van der Waals surface area contributed by atoms with E-state index in [0.29, 0.717) is 5.56 Å². The van der Waals surface area contributed by atoms with E-state index in [4.69, 9.17) is 16.3 Å². The topological polar surface area (TPSA) is 98.5 Å². The van der Waals surface area contributed by atoms with Gasteiger partial charge in [-0.15, -0.1) is 0 Å². The predicted molar refractivity (Wildman–Crippen MR) is 99.4 cm³/mol. The number of ether oxygens (including phenoxy) is 1. The van der Waals surface area contributed by atoms with Gasteiger partial charge in [-0.1, -0.05) is 48.4 Å². The third-order valence-corrected chi connectivity index (χ3v) is 4.74. The number of nitrogens with one attached hydrogen (secondary N) is 1. The van der Waals surface area contributed by atoms with Crippen molar-refractivity contribution in [2.24, 2.45) is 5.92 Å². The van der Waals surface area contributed by atoms with E-state index in [9.17, 15) is 19.7 Å². The van der Waals surface area contributed by atoms with Crippen LogP contribution in [-0.2, 0) is 14.3 Å². The molecule has 1 aliphatic carbocycles. The number of nitro groups is 1. The van der Waals surface area contributed by atoms with Crippen molar-refractivity contribution in [1.29, 1.82) is 0 Å². The number of amides is 1. The van der Waals surface area contributed by atoms with Crippen molar-refractivity contribution in [3.05, 3.63) is 69.2 Å². The summed E-state index contributed by atoms with van der Waals surface area (Å²) in [4.78, 5) is 35.4. The highest BCUT2D eigenvalue weighted by Crippen LogP contribution is 2.31. The maximum Gasteiger partial charge on any atom is 0.310 e. The van der Waals surface area contributed by atoms with Gasteiger partial charge in [0, 0.05) is 17.3 Å². The average Bonchev–Trinajstić information content (AvgIpc) is 2.60. The lowest BCUT2D eigenvalue weighted by Gasteiger charge is -2.26. The van der Waals surface area contributed by atoms with Crippen LogP contribution < -0.4 is 5.32 Å². The lowest BCUT2D eigenvalue weighted by atomic mass is 9.85. The van der Waals surface area contributed by atoms with Crippen LogP contribution in [0.15, 0.2) is 48.5 Å². The molecule has 0 heterocycles. The number of anilines is 1. The molecule has 7 nitrogen and oxygen atoms in total. The van der Waals surface area contributed by atoms with Crippen molar-refractivity contribution in [2.75, 3.05) is 5.32 Å². The number of halogens is 1. The molecule has 8 heteroatoms. The first-order chi connectivity index (χ1) is 13.0. The number of esters is 1. The minimum atomic E-state index is -1.14. The Morgan fingerprint density at radius 1 is 1.19 bits per heavy atom. The van der Waals surface area contributed by atoms with Gasteiger partial charge in [0.1, 0.15) is 5.02 Å². The van der Waals surface area contributed by atoms with Gasteiger partial charge in [0.25, 0.3) is 11.6 Å². The van der Waals surface area contributed by atoms with Crippen molar-refractivity contribution in [3.63, 3.8) is 0 Å². The number of rotatable bonds is 6. The van der Waals surface area contributed by atoms with E-state index in [-0.39, 0.29) is 22.3 Å². The van der Waals surface area contributed by atoms with E-state index in [1.54, 1.807) is 30.3 Å². The second-order valence-corrected chi connectivity index (χ2v) is 6.68. The zero-order chi connectivity index (χ0) is 19.4. The SMILES string of the molecule is O=C(OC(C(=O)Nc1ccc(Cl)c([N+](=O)[O-])c1)c1ccccc1)C1CCC1. The molecule has 1 N–H and O–H groups in total. The number of hydrogen-bond acceptors (Lipinski definition) is 5. The normalized spacial score (nSPS) is 14.7. The fraction of sp³-hybridized carbons (Fsp3) is 0.263. The standard InChI is InChI=1S/C19H17ClN2O5/c20-15-10-9-14(11-16(15)22(25)26)21-18(23)17(12-5-2-1-3-6-12)27-19(24)13-7-4-8-13/h1-3,5-6,9-11,13,17H,4,7-8H2,(H,21,23). The molecule has 1 aliphatic rings. The second kappa shape index (κ2) is 8.18. The zero-order valence-electron chi connectivity index (χ0n) is 14.3. The minimum Gasteiger partial charge on any atom is -0.447 e. The van der Waals surface area contributed by atoms with Gasteiger partial charge >= 0.3 is 5.97 Å². The van der Waals surface area contributed by atoms with Crippen LogP contribution in [0.2, 0.25) is 5.02 Å². The molecule has 0 aliphatic heterocycles. The van der Waals surface area contributed by atoms with Crippen molar-refractivity contribution in [1.82, 2.24) is 0 Å². The second-order valence-electron chi connectivity index (χ2n) is 6.27. The lowest BCUT2D eigenvalue weighted by molar-refractivity contribution is -0.384. The Morgan fingerprint density at radius 3 is 2.48 bits per heavy atom. The average molecular weight is 389 g/mol. The molecule has 0 radical (unpaired) electrons. The molecule has 27 heavy (non-hydrogen) atoms. The van der Waals surface area contributed by atoms with E-state index in [1.807, 2.05) is 0 Å². The molecular formula is C19H17ClN2O5. The maximum atomic E-state index is 12.8. The van der Waals surface area contributed by atoms with Crippen LogP contribution in [0, 0.1) is 16.0 Å². The molecule has 3 rings (SSSR count). The van der Waals surface area contributed by atoms with Crippen molar-refractivity contribution in [3.8, 4) is 0 Å². The number of carbonyl (C=O) groups excluding carboxylic acids is 2. The van der Waals surface area contributed by atoms with E-state index in [1.165, 1.54) is 12.1 Å². The smallest absolute Gasteiger partial charge is 0.310 e. The third-order valence-electron chi connectivity index (χ3n) is 4.42. The number of nitrogens with zero attached hydrogens (tertiary/aromatic N) is 1. The summed E-state index contributed by atoms with van der Waals surface area (Å²) in [7, 11) is 0. The summed E-state index contributed by atoms with van der Waals surface area (Å²) in [6.07, 6.45) is 1.33. The Hall–Kier alpha value is -2.93. The molecule has 140 valence electrons. The molecule has 1 amide bonds. The molecule has 1 fully saturated rings. The van der Waals surface area contributed by atoms with Crippen molar-refractivity contribution < 1.29 is 19.2 Å². The predicted octanol–water partition coefficient (Wildman–Crippen LogP) is 4.27. The van der Waals surface area contributed by atoms with Gasteiger partial charge in [0.15, 0.2) is 0 Å². The first kappa shape index (κ1) is 18.8. The molecular weight excluding hydrogens is 372 g/mol. The van der Waals surface area contributed by atoms with E-state index >= 15 is 0 Å². The van der Waals surface area contributed by atoms with Gasteiger partial charge in [0.05, 0.1) is 10.8 Å². The van der Waals surface area contributed by atoms with Crippen LogP contribution in [0.25, 0.3) is 0 Å². The Morgan fingerprint density at radius 2 is 1.89 bits per heavy atom. The highest BCUT2D eigenvalue weighted by Gasteiger charge is 2.32. The monoisotopic (exact) mass is 388 g/mol. The number of benzene rings is 2. The Balaban J connectivity index is 1.81. The Labute approximate surface area is 160 Å². The summed E-state index contributed by atoms with van der Waals surface area (Å²) in [6.45, 7) is 0. The first-order valence-electron chi connectivity index (χ1n) is 8.46. The first-order valence-corrected chi connectivity index (χ1v) is 8.84. The molecule has 0 saturated heterocycles. The van der Waals surface area contributed by atoms with Gasteiger partial charge in [-0.25, -0.2) is 0 Å². The summed E-state index contributed by atoms with van der Waals surface area (Å²) < 4.78 is 5.46. The van der Waals surface area contributed by atoms with Crippen molar-refractivity contribution in [2.45, 2.75) is 25.4 Å². The highest BCUT2D eigenvalue weighted by molar-refractivity contribution is 6.32. The third kappa shape index (κ3) is 4.43. The maximum absolute atomic E-state index is 12.8. The fourth-order valence-electron chi connectivity index (χ4n) is 2.70. The highest BCUT2D eigenvalue weighted by atomic mass is 35.5. The zero-order valence-corrected chi connectivity index (χ0v) is 15.0. The van der Waals surface area contributed by atoms with E-state index in [0.717, 1.165) is 25.3 Å². The fourth-order valence-corrected chi connectivity index (χ4v) is 2.88. The molecule has 1 saturated carbocycles. The largest absolute Gasteiger partial charge is 0.447 e. The van der Waals surface area contributed by atoms with E-state index in [2.05, 4.69) is 5.32 Å². The van der Waals surface area contributed by atoms with Crippen LogP contribution in [0.3, 0.4) is 0 Å². The number of carbonyl (C=O) groups is 2. The molecule has 0 aromatic heterocycles. The Bertz CT molecular complexity index is 868. The van der Waals surface area contributed by atoms with Crippen LogP contribution >= 0.6 is 11.6 Å². The van der Waals surface area contributed by atoms with Crippen LogP contribution in [0.5, 0.6) is 0 Å². The summed E-state index contributed by atoms with van der Waals surface area (Å²) in [5.41, 5.74) is 0.389. The van der Waals surface area contributed by atoms with Crippen LogP contribution in [0.4, 0.5) is 11.4 Å². The minimum absolute atomic E-state index is 0.0333. The molecule has 0 spiro atoms. The molecule has 0 bridgehead atoms. The molecule has 1 atom stereocenters.